The van der Waals surface area contributed by atoms with E-state index in [9.17, 15) is 15.0 Å². The Morgan fingerprint density at radius 1 is 1.31 bits per heavy atom. The molecule has 0 unspecified atom stereocenters. The van der Waals surface area contributed by atoms with Gasteiger partial charge in [-0.1, -0.05) is 44.3 Å². The molecule has 192 valence electrons. The maximum Gasteiger partial charge on any atom is 0.342 e. The molecule has 5 rings (SSSR count). The molecule has 3 N–H and O–H groups in total. The first-order valence-electron chi connectivity index (χ1n) is 12.6. The van der Waals surface area contributed by atoms with E-state index in [4.69, 9.17) is 14.8 Å². The summed E-state index contributed by atoms with van der Waals surface area (Å²) in [5, 5.41) is 33.3. The van der Waals surface area contributed by atoms with Crippen LogP contribution in [0, 0.1) is 0 Å². The van der Waals surface area contributed by atoms with Crippen LogP contribution >= 0.6 is 11.8 Å². The van der Waals surface area contributed by atoms with E-state index in [-0.39, 0.29) is 25.4 Å². The highest BCUT2D eigenvalue weighted by Gasteiger charge is 2.47. The molecule has 7 nitrogen and oxygen atoms in total. The zero-order valence-corrected chi connectivity index (χ0v) is 23.0. The van der Waals surface area contributed by atoms with E-state index in [0.29, 0.717) is 35.2 Å². The quantitative estimate of drug-likeness (QED) is 0.234. The fraction of sp³-hybridized carbons (Fsp3) is 0.481. The zero-order valence-electron chi connectivity index (χ0n) is 21.1. The Kier molecular flexibility index (Phi) is 6.69. The number of carbonyl (C=O) groups excluding carboxylic acids is 1. The van der Waals surface area contributed by atoms with Crippen LogP contribution in [0.15, 0.2) is 29.3 Å². The lowest BCUT2D eigenvalue weighted by atomic mass is 9.80. The third kappa shape index (κ3) is 4.25. The number of aliphatic hydroxyl groups excluding tert-OH is 2. The maximum absolute atomic E-state index is 12.4. The molecule has 0 radical (unpaired) electrons. The molecule has 36 heavy (non-hydrogen) atoms. The standard InChI is InChI=1S/C27H34N2O5SSi/c1-4-27(33)21-13-22-24(25(31)20(21)15-34-26(27)32)29-14-19-17(6-5-7-18(19)12-23(29)28-22)8-11-36(2,3)16-35-10-9-30/h5-7,12,30-31,33H,4,8-11,13-16H2,1-3H3/t27-/m0/s1. The number of hydrogen-bond acceptors (Lipinski definition) is 7. The Morgan fingerprint density at radius 2 is 2.11 bits per heavy atom. The lowest BCUT2D eigenvalue weighted by molar-refractivity contribution is -0.163. The Labute approximate surface area is 216 Å². The van der Waals surface area contributed by atoms with Gasteiger partial charge in [0.2, 0.25) is 0 Å². The number of aliphatic hydroxyl groups is 3. The molecule has 3 heterocycles. The molecular formula is C27H34N2O5SSi. The van der Waals surface area contributed by atoms with E-state index < -0.39 is 19.6 Å². The van der Waals surface area contributed by atoms with Crippen molar-refractivity contribution in [2.24, 2.45) is 0 Å². The second kappa shape index (κ2) is 9.52. The van der Waals surface area contributed by atoms with Crippen LogP contribution in [0.25, 0.3) is 11.8 Å². The summed E-state index contributed by atoms with van der Waals surface area (Å²) in [5.41, 5.74) is 4.47. The van der Waals surface area contributed by atoms with Gasteiger partial charge in [-0.05, 0) is 46.6 Å². The summed E-state index contributed by atoms with van der Waals surface area (Å²) in [6.45, 7) is 7.37. The van der Waals surface area contributed by atoms with E-state index in [1.165, 1.54) is 17.2 Å². The number of ether oxygens (including phenoxy) is 1. The third-order valence-electron chi connectivity index (χ3n) is 7.69. The van der Waals surface area contributed by atoms with Gasteiger partial charge in [0.25, 0.3) is 0 Å². The molecule has 0 saturated heterocycles. The summed E-state index contributed by atoms with van der Waals surface area (Å²) in [6, 6.07) is 7.60. The zero-order chi connectivity index (χ0) is 25.7. The average Bonchev–Trinajstić information content (AvgIpc) is 3.21. The van der Waals surface area contributed by atoms with Crippen molar-refractivity contribution in [3.63, 3.8) is 0 Å². The number of cyclic esters (lactones) is 1. The highest BCUT2D eigenvalue weighted by atomic mass is 32.2. The average molecular weight is 527 g/mol. The molecule has 1 aromatic heterocycles. The number of aryl methyl sites for hydroxylation is 1. The largest absolute Gasteiger partial charge is 0.505 e. The molecule has 9 heteroatoms. The van der Waals surface area contributed by atoms with Gasteiger partial charge < -0.3 is 24.6 Å². The third-order valence-corrected chi connectivity index (χ3v) is 13.7. The van der Waals surface area contributed by atoms with E-state index in [0.717, 1.165) is 28.6 Å². The van der Waals surface area contributed by atoms with Crippen LogP contribution < -0.4 is 10.8 Å². The van der Waals surface area contributed by atoms with Crippen LogP contribution in [0.5, 0.6) is 0 Å². The molecular weight excluding hydrogens is 492 g/mol. The van der Waals surface area contributed by atoms with Gasteiger partial charge in [-0.2, -0.15) is 11.8 Å². The summed E-state index contributed by atoms with van der Waals surface area (Å²) in [4.78, 5) is 17.2. The van der Waals surface area contributed by atoms with E-state index >= 15 is 0 Å². The van der Waals surface area contributed by atoms with Crippen molar-refractivity contribution in [3.05, 3.63) is 62.6 Å². The van der Waals surface area contributed by atoms with Crippen LogP contribution in [0.4, 0.5) is 0 Å². The predicted octanol–water partition coefficient (Wildman–Crippen LogP) is 1.81. The second-order valence-electron chi connectivity index (χ2n) is 10.7. The number of thioether (sulfide) groups is 1. The van der Waals surface area contributed by atoms with Gasteiger partial charge >= 0.3 is 5.97 Å². The molecule has 2 aliphatic heterocycles. The first-order valence-corrected chi connectivity index (χ1v) is 17.2. The number of rotatable bonds is 8. The molecule has 0 amide bonds. The summed E-state index contributed by atoms with van der Waals surface area (Å²) < 4.78 is 7.31. The summed E-state index contributed by atoms with van der Waals surface area (Å²) >= 11 is 1.85. The second-order valence-corrected chi connectivity index (χ2v) is 17.5. The Morgan fingerprint density at radius 3 is 2.86 bits per heavy atom. The van der Waals surface area contributed by atoms with Gasteiger partial charge in [0, 0.05) is 17.7 Å². The lowest BCUT2D eigenvalue weighted by Gasteiger charge is -2.35. The highest BCUT2D eigenvalue weighted by molar-refractivity contribution is 8.00. The Hall–Kier alpha value is -2.33. The number of esters is 1. The number of carbonyl (C=O) groups is 1. The normalized spacial score (nSPS) is 20.8. The molecule has 3 aliphatic rings. The predicted molar refractivity (Wildman–Crippen MR) is 144 cm³/mol. The van der Waals surface area contributed by atoms with Crippen LogP contribution in [-0.2, 0) is 28.9 Å². The lowest BCUT2D eigenvalue weighted by Crippen LogP contribution is -2.49. The Bertz CT molecular complexity index is 1380. The SMILES string of the molecule is CC[C@@]1(O)C(=O)OCC2=C1Cc1nc3n(c1=C2O)Cc1c(cccc1CC[Si](C)(C)CSCCO)C=3. The van der Waals surface area contributed by atoms with Crippen molar-refractivity contribution in [3.8, 4) is 0 Å². The highest BCUT2D eigenvalue weighted by Crippen LogP contribution is 2.36. The van der Waals surface area contributed by atoms with Crippen molar-refractivity contribution in [1.82, 2.24) is 9.55 Å². The van der Waals surface area contributed by atoms with Crippen LogP contribution in [0.3, 0.4) is 0 Å². The minimum atomic E-state index is -1.73. The van der Waals surface area contributed by atoms with E-state index in [1.807, 2.05) is 11.8 Å². The van der Waals surface area contributed by atoms with E-state index in [1.54, 1.807) is 6.92 Å². The van der Waals surface area contributed by atoms with Crippen molar-refractivity contribution < 1.29 is 24.9 Å². The summed E-state index contributed by atoms with van der Waals surface area (Å²) in [7, 11) is -1.40. The molecule has 0 fully saturated rings. The van der Waals surface area contributed by atoms with Gasteiger partial charge in [0.1, 0.15) is 23.2 Å². The smallest absolute Gasteiger partial charge is 0.342 e. The van der Waals surface area contributed by atoms with Gasteiger partial charge in [0.05, 0.1) is 26.9 Å². The fourth-order valence-corrected chi connectivity index (χ4v) is 9.94. The van der Waals surface area contributed by atoms with Crippen molar-refractivity contribution in [2.75, 3.05) is 24.3 Å². The molecule has 0 spiro atoms. The first kappa shape index (κ1) is 25.3. The van der Waals surface area contributed by atoms with Crippen LogP contribution in [0.1, 0.15) is 35.7 Å². The van der Waals surface area contributed by atoms with Crippen LogP contribution in [-0.4, -0.2) is 68.9 Å². The van der Waals surface area contributed by atoms with Gasteiger partial charge in [-0.3, -0.25) is 0 Å². The number of benzene rings is 1. The molecule has 1 atom stereocenters. The summed E-state index contributed by atoms with van der Waals surface area (Å²) in [6.07, 6.45) is 3.57. The topological polar surface area (TPSA) is 105 Å². The van der Waals surface area contributed by atoms with Gasteiger partial charge in [-0.15, -0.1) is 0 Å². The Balaban J connectivity index is 1.49. The van der Waals surface area contributed by atoms with Crippen molar-refractivity contribution in [2.45, 2.75) is 57.5 Å². The van der Waals surface area contributed by atoms with Gasteiger partial charge in [0.15, 0.2) is 5.60 Å². The van der Waals surface area contributed by atoms with Gasteiger partial charge in [-0.25, -0.2) is 9.78 Å². The number of aromatic nitrogens is 2. The number of fused-ring (bicyclic) bond motifs is 4. The van der Waals surface area contributed by atoms with E-state index in [2.05, 4.69) is 41.9 Å². The maximum atomic E-state index is 12.4. The number of nitrogens with zero attached hydrogens (tertiary/aromatic N) is 2. The van der Waals surface area contributed by atoms with Crippen LogP contribution in [0.2, 0.25) is 19.1 Å². The minimum Gasteiger partial charge on any atom is -0.505 e. The molecule has 0 bridgehead atoms. The molecule has 0 saturated carbocycles. The van der Waals surface area contributed by atoms with Crippen molar-refractivity contribution >= 4 is 37.6 Å². The molecule has 1 aromatic carbocycles. The van der Waals surface area contributed by atoms with Crippen molar-refractivity contribution in [1.29, 1.82) is 0 Å². The monoisotopic (exact) mass is 526 g/mol. The minimum absolute atomic E-state index is 0.0399. The molecule has 1 aliphatic carbocycles. The first-order chi connectivity index (χ1) is 17.2. The number of hydrogen-bond donors (Lipinski definition) is 3. The molecule has 2 aromatic rings. The fourth-order valence-electron chi connectivity index (χ4n) is 5.50. The summed E-state index contributed by atoms with van der Waals surface area (Å²) in [5.74, 6) is 0.190. The number of imidazole rings is 1.